The van der Waals surface area contributed by atoms with Gasteiger partial charge in [-0.2, -0.15) is 0 Å². The van der Waals surface area contributed by atoms with Crippen molar-refractivity contribution in [3.05, 3.63) is 29.8 Å². The molecule has 0 bridgehead atoms. The van der Waals surface area contributed by atoms with Crippen LogP contribution in [0.1, 0.15) is 31.2 Å². The molecule has 3 nitrogen and oxygen atoms in total. The zero-order valence-electron chi connectivity index (χ0n) is 11.1. The highest BCUT2D eigenvalue weighted by Gasteiger charge is 2.18. The van der Waals surface area contributed by atoms with E-state index in [1.165, 1.54) is 5.56 Å². The highest BCUT2D eigenvalue weighted by molar-refractivity contribution is 5.26. The molecule has 0 aliphatic heterocycles. The van der Waals surface area contributed by atoms with Crippen LogP contribution in [-0.2, 0) is 0 Å². The minimum Gasteiger partial charge on any atom is -0.492 e. The summed E-state index contributed by atoms with van der Waals surface area (Å²) in [4.78, 5) is 0. The monoisotopic (exact) mass is 249 g/mol. The van der Waals surface area contributed by atoms with Crippen molar-refractivity contribution in [2.24, 2.45) is 0 Å². The number of aliphatic hydroxyl groups excluding tert-OH is 1. The van der Waals surface area contributed by atoms with Gasteiger partial charge in [-0.25, -0.2) is 0 Å². The molecule has 2 rings (SSSR count). The first-order valence-corrected chi connectivity index (χ1v) is 6.85. The molecule has 0 heterocycles. The van der Waals surface area contributed by atoms with Crippen molar-refractivity contribution in [3.63, 3.8) is 0 Å². The highest BCUT2D eigenvalue weighted by Crippen LogP contribution is 2.18. The summed E-state index contributed by atoms with van der Waals surface area (Å²) >= 11 is 0. The lowest BCUT2D eigenvalue weighted by Crippen LogP contribution is -2.36. The van der Waals surface area contributed by atoms with E-state index in [2.05, 4.69) is 24.4 Å². The summed E-state index contributed by atoms with van der Waals surface area (Å²) in [5, 5.41) is 12.9. The predicted molar refractivity (Wildman–Crippen MR) is 72.9 cm³/mol. The molecule has 1 aliphatic rings. The molecular weight excluding hydrogens is 226 g/mol. The van der Waals surface area contributed by atoms with Crippen LogP contribution in [0.2, 0.25) is 0 Å². The lowest BCUT2D eigenvalue weighted by Gasteiger charge is -2.26. The molecule has 2 N–H and O–H groups in total. The fourth-order valence-corrected chi connectivity index (χ4v) is 2.35. The molecule has 3 heteroatoms. The van der Waals surface area contributed by atoms with Gasteiger partial charge < -0.3 is 15.2 Å². The number of benzene rings is 1. The summed E-state index contributed by atoms with van der Waals surface area (Å²) in [6.45, 7) is 3.64. The Morgan fingerprint density at radius 3 is 2.50 bits per heavy atom. The average molecular weight is 249 g/mol. The quantitative estimate of drug-likeness (QED) is 0.787. The van der Waals surface area contributed by atoms with Crippen molar-refractivity contribution in [2.45, 2.75) is 44.8 Å². The lowest BCUT2D eigenvalue weighted by atomic mass is 9.93. The number of nitrogens with one attached hydrogen (secondary N) is 1. The van der Waals surface area contributed by atoms with Gasteiger partial charge in [-0.3, -0.25) is 0 Å². The van der Waals surface area contributed by atoms with Crippen LogP contribution < -0.4 is 10.1 Å². The largest absolute Gasteiger partial charge is 0.492 e. The second-order valence-corrected chi connectivity index (χ2v) is 5.12. The van der Waals surface area contributed by atoms with Crippen molar-refractivity contribution in [1.82, 2.24) is 5.32 Å². The Labute approximate surface area is 109 Å². The van der Waals surface area contributed by atoms with E-state index in [1.807, 2.05) is 12.1 Å². The van der Waals surface area contributed by atoms with Gasteiger partial charge in [-0.05, 0) is 44.7 Å². The first-order chi connectivity index (χ1) is 8.74. The zero-order valence-corrected chi connectivity index (χ0v) is 11.1. The van der Waals surface area contributed by atoms with Crippen LogP contribution in [-0.4, -0.2) is 30.4 Å². The molecule has 1 aromatic rings. The molecule has 0 spiro atoms. The summed E-state index contributed by atoms with van der Waals surface area (Å²) in [5.41, 5.74) is 1.25. The number of aliphatic hydroxyl groups is 1. The van der Waals surface area contributed by atoms with Gasteiger partial charge in [-0.15, -0.1) is 0 Å². The van der Waals surface area contributed by atoms with Crippen LogP contribution in [0.5, 0.6) is 5.75 Å². The molecular formula is C15H23NO2. The summed E-state index contributed by atoms with van der Waals surface area (Å²) in [6.07, 6.45) is 3.93. The minimum atomic E-state index is -0.0770. The molecule has 1 aromatic carbocycles. The Bertz CT molecular complexity index is 342. The Balaban J connectivity index is 1.60. The number of rotatable bonds is 5. The summed E-state index contributed by atoms with van der Waals surface area (Å²) < 4.78 is 5.66. The fourth-order valence-electron chi connectivity index (χ4n) is 2.35. The summed E-state index contributed by atoms with van der Waals surface area (Å²) in [7, 11) is 0. The maximum atomic E-state index is 9.42. The predicted octanol–water partition coefficient (Wildman–Crippen LogP) is 2.27. The van der Waals surface area contributed by atoms with E-state index in [1.54, 1.807) is 0 Å². The maximum Gasteiger partial charge on any atom is 0.119 e. The molecule has 0 saturated heterocycles. The Kier molecular flexibility index (Phi) is 5.02. The number of hydrogen-bond donors (Lipinski definition) is 2. The van der Waals surface area contributed by atoms with Crippen LogP contribution in [0.3, 0.4) is 0 Å². The van der Waals surface area contributed by atoms with Gasteiger partial charge in [0.2, 0.25) is 0 Å². The molecule has 18 heavy (non-hydrogen) atoms. The molecule has 1 saturated carbocycles. The zero-order chi connectivity index (χ0) is 12.8. The third kappa shape index (κ3) is 4.31. The first kappa shape index (κ1) is 13.4. The number of ether oxygens (including phenoxy) is 1. The standard InChI is InChI=1S/C15H23NO2/c1-12-2-8-15(9-3-12)18-11-10-16-13-4-6-14(17)7-5-13/h2-3,8-9,13-14,16-17H,4-7,10-11H2,1H3. The van der Waals surface area contributed by atoms with Crippen LogP contribution in [0.25, 0.3) is 0 Å². The van der Waals surface area contributed by atoms with E-state index in [0.29, 0.717) is 12.6 Å². The van der Waals surface area contributed by atoms with Crippen molar-refractivity contribution >= 4 is 0 Å². The second-order valence-electron chi connectivity index (χ2n) is 5.12. The second kappa shape index (κ2) is 6.76. The smallest absolute Gasteiger partial charge is 0.119 e. The van der Waals surface area contributed by atoms with E-state index in [-0.39, 0.29) is 6.10 Å². The Morgan fingerprint density at radius 2 is 1.83 bits per heavy atom. The van der Waals surface area contributed by atoms with Crippen molar-refractivity contribution < 1.29 is 9.84 Å². The normalized spacial score (nSPS) is 23.9. The SMILES string of the molecule is Cc1ccc(OCCNC2CCC(O)CC2)cc1. The topological polar surface area (TPSA) is 41.5 Å². The molecule has 0 atom stereocenters. The number of aryl methyl sites for hydroxylation is 1. The van der Waals surface area contributed by atoms with E-state index >= 15 is 0 Å². The minimum absolute atomic E-state index is 0.0770. The van der Waals surface area contributed by atoms with Crippen LogP contribution in [0.4, 0.5) is 0 Å². The van der Waals surface area contributed by atoms with Gasteiger partial charge in [0.25, 0.3) is 0 Å². The van der Waals surface area contributed by atoms with Crippen molar-refractivity contribution in [1.29, 1.82) is 0 Å². The molecule has 1 fully saturated rings. The molecule has 0 radical (unpaired) electrons. The maximum absolute atomic E-state index is 9.42. The Hall–Kier alpha value is -1.06. The van der Waals surface area contributed by atoms with E-state index < -0.39 is 0 Å². The van der Waals surface area contributed by atoms with E-state index in [4.69, 9.17) is 4.74 Å². The van der Waals surface area contributed by atoms with Gasteiger partial charge >= 0.3 is 0 Å². The lowest BCUT2D eigenvalue weighted by molar-refractivity contribution is 0.116. The van der Waals surface area contributed by atoms with E-state index in [0.717, 1.165) is 38.0 Å². The number of hydrogen-bond acceptors (Lipinski definition) is 3. The Morgan fingerprint density at radius 1 is 1.17 bits per heavy atom. The molecule has 0 aromatic heterocycles. The first-order valence-electron chi connectivity index (χ1n) is 6.85. The van der Waals surface area contributed by atoms with Crippen LogP contribution in [0, 0.1) is 6.92 Å². The van der Waals surface area contributed by atoms with E-state index in [9.17, 15) is 5.11 Å². The fraction of sp³-hybridized carbons (Fsp3) is 0.600. The van der Waals surface area contributed by atoms with Gasteiger partial charge in [0.15, 0.2) is 0 Å². The summed E-state index contributed by atoms with van der Waals surface area (Å²) in [6, 6.07) is 8.69. The average Bonchev–Trinajstić information content (AvgIpc) is 2.39. The van der Waals surface area contributed by atoms with Gasteiger partial charge in [0.05, 0.1) is 6.10 Å². The van der Waals surface area contributed by atoms with Crippen molar-refractivity contribution in [2.75, 3.05) is 13.2 Å². The third-order valence-corrected chi connectivity index (χ3v) is 3.52. The molecule has 0 amide bonds. The third-order valence-electron chi connectivity index (χ3n) is 3.52. The molecule has 0 unspecified atom stereocenters. The van der Waals surface area contributed by atoms with Crippen LogP contribution in [0.15, 0.2) is 24.3 Å². The van der Waals surface area contributed by atoms with Crippen molar-refractivity contribution in [3.8, 4) is 5.75 Å². The molecule has 100 valence electrons. The van der Waals surface area contributed by atoms with Gasteiger partial charge in [0, 0.05) is 12.6 Å². The van der Waals surface area contributed by atoms with Gasteiger partial charge in [0.1, 0.15) is 12.4 Å². The van der Waals surface area contributed by atoms with Crippen LogP contribution >= 0.6 is 0 Å². The summed E-state index contributed by atoms with van der Waals surface area (Å²) in [5.74, 6) is 0.932. The molecule has 1 aliphatic carbocycles. The highest BCUT2D eigenvalue weighted by atomic mass is 16.5. The van der Waals surface area contributed by atoms with Gasteiger partial charge in [-0.1, -0.05) is 17.7 Å².